The van der Waals surface area contributed by atoms with E-state index >= 15 is 0 Å². The average molecular weight is 286 g/mol. The number of carbonyl (C=O) groups is 2. The van der Waals surface area contributed by atoms with Crippen LogP contribution in [0, 0.1) is 0 Å². The lowest BCUT2D eigenvalue weighted by Crippen LogP contribution is -2.36. The third kappa shape index (κ3) is 5.27. The van der Waals surface area contributed by atoms with E-state index in [1.165, 1.54) is 13.8 Å². The molecule has 2 atom stereocenters. The second-order valence-electron chi connectivity index (χ2n) is 5.57. The SMILES string of the molecule is CCCCC(C)(N=NC(C)(CCCC)C(=O)O)C(=O)O. The fourth-order valence-electron chi connectivity index (χ4n) is 1.66. The maximum atomic E-state index is 11.3. The van der Waals surface area contributed by atoms with Gasteiger partial charge in [-0.25, -0.2) is 9.59 Å². The minimum absolute atomic E-state index is 0.353. The molecule has 6 heteroatoms. The number of carboxylic acid groups (broad SMARTS) is 2. The molecule has 0 bridgehead atoms. The molecule has 0 fully saturated rings. The smallest absolute Gasteiger partial charge is 0.333 e. The van der Waals surface area contributed by atoms with E-state index in [-0.39, 0.29) is 0 Å². The lowest BCUT2D eigenvalue weighted by Gasteiger charge is -2.23. The van der Waals surface area contributed by atoms with E-state index in [0.29, 0.717) is 25.7 Å². The topological polar surface area (TPSA) is 99.3 Å². The van der Waals surface area contributed by atoms with Crippen LogP contribution in [0.5, 0.6) is 0 Å². The second-order valence-corrected chi connectivity index (χ2v) is 5.57. The highest BCUT2D eigenvalue weighted by Gasteiger charge is 2.37. The van der Waals surface area contributed by atoms with Crippen LogP contribution in [0.25, 0.3) is 0 Å². The van der Waals surface area contributed by atoms with E-state index in [0.717, 1.165) is 12.8 Å². The Labute approximate surface area is 120 Å². The zero-order valence-corrected chi connectivity index (χ0v) is 12.8. The van der Waals surface area contributed by atoms with Gasteiger partial charge in [0.25, 0.3) is 0 Å². The van der Waals surface area contributed by atoms with Crippen molar-refractivity contribution < 1.29 is 19.8 Å². The van der Waals surface area contributed by atoms with Crippen LogP contribution in [0.3, 0.4) is 0 Å². The van der Waals surface area contributed by atoms with Gasteiger partial charge in [-0.3, -0.25) is 0 Å². The summed E-state index contributed by atoms with van der Waals surface area (Å²) in [5.41, 5.74) is -2.70. The Hall–Kier alpha value is -1.46. The summed E-state index contributed by atoms with van der Waals surface area (Å²) in [5, 5.41) is 26.3. The zero-order valence-electron chi connectivity index (χ0n) is 12.8. The van der Waals surface area contributed by atoms with Gasteiger partial charge in [0, 0.05) is 0 Å². The second kappa shape index (κ2) is 7.97. The van der Waals surface area contributed by atoms with E-state index < -0.39 is 23.0 Å². The molecule has 0 aromatic heterocycles. The molecule has 0 aliphatic rings. The van der Waals surface area contributed by atoms with Gasteiger partial charge in [-0.1, -0.05) is 39.5 Å². The lowest BCUT2D eigenvalue weighted by atomic mass is 9.95. The normalized spacial score (nSPS) is 17.6. The van der Waals surface area contributed by atoms with Crippen LogP contribution in [-0.4, -0.2) is 33.2 Å². The van der Waals surface area contributed by atoms with Gasteiger partial charge >= 0.3 is 11.9 Å². The molecule has 0 saturated heterocycles. The molecule has 0 heterocycles. The molecule has 0 aliphatic carbocycles. The Kier molecular flexibility index (Phi) is 7.39. The predicted octanol–water partition coefficient (Wildman–Crippen LogP) is 3.51. The number of rotatable bonds is 10. The van der Waals surface area contributed by atoms with Crippen LogP contribution in [0.2, 0.25) is 0 Å². The van der Waals surface area contributed by atoms with Crippen molar-refractivity contribution in [3.05, 3.63) is 0 Å². The molecule has 2 unspecified atom stereocenters. The van der Waals surface area contributed by atoms with Crippen LogP contribution in [-0.2, 0) is 9.59 Å². The predicted molar refractivity (Wildman–Crippen MR) is 76.0 cm³/mol. The fraction of sp³-hybridized carbons (Fsp3) is 0.857. The molecule has 0 aromatic carbocycles. The summed E-state index contributed by atoms with van der Waals surface area (Å²) in [4.78, 5) is 22.7. The number of unbranched alkanes of at least 4 members (excludes halogenated alkanes) is 2. The number of hydrogen-bond acceptors (Lipinski definition) is 4. The minimum Gasteiger partial charge on any atom is -0.479 e. The third-order valence-electron chi connectivity index (χ3n) is 3.45. The number of azo groups is 1. The summed E-state index contributed by atoms with van der Waals surface area (Å²) in [6, 6.07) is 0. The van der Waals surface area contributed by atoms with Gasteiger partial charge in [0.1, 0.15) is 0 Å². The highest BCUT2D eigenvalue weighted by molar-refractivity contribution is 5.79. The molecule has 0 aliphatic heterocycles. The maximum Gasteiger partial charge on any atom is 0.333 e. The van der Waals surface area contributed by atoms with Gasteiger partial charge in [-0.15, -0.1) is 0 Å². The van der Waals surface area contributed by atoms with Crippen molar-refractivity contribution >= 4 is 11.9 Å². The number of aliphatic carboxylic acids is 2. The summed E-state index contributed by atoms with van der Waals surface area (Å²) in [7, 11) is 0. The van der Waals surface area contributed by atoms with Gasteiger partial charge in [0.2, 0.25) is 0 Å². The van der Waals surface area contributed by atoms with Gasteiger partial charge in [0.15, 0.2) is 11.1 Å². The quantitative estimate of drug-likeness (QED) is 0.600. The van der Waals surface area contributed by atoms with E-state index in [4.69, 9.17) is 0 Å². The van der Waals surface area contributed by atoms with E-state index in [1.807, 2.05) is 13.8 Å². The average Bonchev–Trinajstić information content (AvgIpc) is 2.40. The third-order valence-corrected chi connectivity index (χ3v) is 3.45. The van der Waals surface area contributed by atoms with E-state index in [1.54, 1.807) is 0 Å². The van der Waals surface area contributed by atoms with Crippen LogP contribution < -0.4 is 0 Å². The Morgan fingerprint density at radius 3 is 1.35 bits per heavy atom. The molecule has 0 rings (SSSR count). The number of carboxylic acids is 2. The van der Waals surface area contributed by atoms with E-state index in [2.05, 4.69) is 10.2 Å². The summed E-state index contributed by atoms with van der Waals surface area (Å²) in [5.74, 6) is -2.14. The van der Waals surface area contributed by atoms with Gasteiger partial charge in [-0.2, -0.15) is 10.2 Å². The van der Waals surface area contributed by atoms with Crippen LogP contribution in [0.15, 0.2) is 10.2 Å². The molecule has 0 aromatic rings. The first-order valence-corrected chi connectivity index (χ1v) is 7.12. The van der Waals surface area contributed by atoms with Crippen LogP contribution in [0.4, 0.5) is 0 Å². The molecule has 0 spiro atoms. The largest absolute Gasteiger partial charge is 0.479 e. The standard InChI is InChI=1S/C14H26N2O4/c1-5-7-9-13(3,11(17)18)15-16-14(4,12(19)20)10-8-6-2/h5-10H2,1-4H3,(H,17,18)(H,19,20). The highest BCUT2D eigenvalue weighted by atomic mass is 16.4. The summed E-state index contributed by atoms with van der Waals surface area (Å²) in [6.45, 7) is 6.89. The number of nitrogens with zero attached hydrogens (tertiary/aromatic N) is 2. The molecule has 2 N–H and O–H groups in total. The molecule has 20 heavy (non-hydrogen) atoms. The van der Waals surface area contributed by atoms with Crippen molar-refractivity contribution in [3.63, 3.8) is 0 Å². The molecule has 0 amide bonds. The minimum atomic E-state index is -1.35. The monoisotopic (exact) mass is 286 g/mol. The Morgan fingerprint density at radius 1 is 0.850 bits per heavy atom. The molecular weight excluding hydrogens is 260 g/mol. The van der Waals surface area contributed by atoms with Crippen molar-refractivity contribution in [2.45, 2.75) is 77.3 Å². The Bertz CT molecular complexity index is 336. The lowest BCUT2D eigenvalue weighted by molar-refractivity contribution is -0.145. The van der Waals surface area contributed by atoms with Crippen molar-refractivity contribution in [1.29, 1.82) is 0 Å². The Balaban J connectivity index is 5.14. The first-order valence-electron chi connectivity index (χ1n) is 7.12. The van der Waals surface area contributed by atoms with Gasteiger partial charge in [0.05, 0.1) is 0 Å². The Morgan fingerprint density at radius 2 is 1.15 bits per heavy atom. The van der Waals surface area contributed by atoms with Crippen molar-refractivity contribution in [2.24, 2.45) is 10.2 Å². The van der Waals surface area contributed by atoms with E-state index in [9.17, 15) is 19.8 Å². The summed E-state index contributed by atoms with van der Waals surface area (Å²) in [6.07, 6.45) is 3.83. The molecular formula is C14H26N2O4. The van der Waals surface area contributed by atoms with Crippen LogP contribution in [0.1, 0.15) is 66.2 Å². The maximum absolute atomic E-state index is 11.3. The summed E-state index contributed by atoms with van der Waals surface area (Å²) < 4.78 is 0. The van der Waals surface area contributed by atoms with Crippen molar-refractivity contribution in [2.75, 3.05) is 0 Å². The molecule has 0 saturated carbocycles. The van der Waals surface area contributed by atoms with Gasteiger partial charge in [-0.05, 0) is 26.7 Å². The number of hydrogen-bond donors (Lipinski definition) is 2. The van der Waals surface area contributed by atoms with Crippen molar-refractivity contribution in [1.82, 2.24) is 0 Å². The van der Waals surface area contributed by atoms with Crippen molar-refractivity contribution in [3.8, 4) is 0 Å². The van der Waals surface area contributed by atoms with Crippen LogP contribution >= 0.6 is 0 Å². The first-order chi connectivity index (χ1) is 9.22. The fourth-order valence-corrected chi connectivity index (χ4v) is 1.66. The molecule has 116 valence electrons. The zero-order chi connectivity index (χ0) is 15.8. The first kappa shape index (κ1) is 18.5. The molecule has 0 radical (unpaired) electrons. The van der Waals surface area contributed by atoms with Gasteiger partial charge < -0.3 is 10.2 Å². The summed E-state index contributed by atoms with van der Waals surface area (Å²) >= 11 is 0. The highest BCUT2D eigenvalue weighted by Crippen LogP contribution is 2.25. The molecule has 6 nitrogen and oxygen atoms in total.